The van der Waals surface area contributed by atoms with E-state index in [0.29, 0.717) is 5.30 Å². The Morgan fingerprint density at radius 2 is 0.848 bits per heavy atom. The van der Waals surface area contributed by atoms with E-state index in [-0.39, 0.29) is 0 Å². The Labute approximate surface area is 264 Å². The zero-order chi connectivity index (χ0) is 30.7. The summed E-state index contributed by atoms with van der Waals surface area (Å²) in [4.78, 5) is 4.60. The lowest BCUT2D eigenvalue weighted by Gasteiger charge is -2.20. The summed E-state index contributed by atoms with van der Waals surface area (Å²) in [7, 11) is -3.16. The Kier molecular flexibility index (Phi) is 6.06. The van der Waals surface area contributed by atoms with Gasteiger partial charge in [-0.3, -0.25) is 4.98 Å². The first-order chi connectivity index (χ1) is 22.6. The number of hydrogen-bond acceptors (Lipinski definition) is 4. The second-order valence-corrected chi connectivity index (χ2v) is 14.3. The molecule has 0 aliphatic carbocycles. The van der Waals surface area contributed by atoms with Crippen LogP contribution in [0, 0.1) is 0 Å². The molecular weight excluding hydrogens is 585 g/mol. The third-order valence-electron chi connectivity index (χ3n) is 8.84. The monoisotopic (exact) mass is 611 g/mol. The van der Waals surface area contributed by atoms with Gasteiger partial charge in [0, 0.05) is 55.4 Å². The molecule has 0 aliphatic rings. The fourth-order valence-corrected chi connectivity index (χ4v) is 9.15. The molecule has 4 nitrogen and oxygen atoms in total. The van der Waals surface area contributed by atoms with E-state index in [4.69, 9.17) is 8.83 Å². The number of nitrogens with zero attached hydrogens (tertiary/aromatic N) is 1. The molecule has 0 bridgehead atoms. The number of aromatic nitrogens is 1. The van der Waals surface area contributed by atoms with Gasteiger partial charge < -0.3 is 13.4 Å². The largest absolute Gasteiger partial charge is 0.456 e. The Morgan fingerprint density at radius 3 is 1.41 bits per heavy atom. The van der Waals surface area contributed by atoms with Gasteiger partial charge in [-0.15, -0.1) is 0 Å². The van der Waals surface area contributed by atoms with Crippen molar-refractivity contribution in [1.82, 2.24) is 4.98 Å². The third kappa shape index (κ3) is 4.23. The minimum absolute atomic E-state index is 0.698. The zero-order valence-electron chi connectivity index (χ0n) is 24.6. The predicted molar refractivity (Wildman–Crippen MR) is 189 cm³/mol. The van der Waals surface area contributed by atoms with Crippen molar-refractivity contribution in [3.63, 3.8) is 0 Å². The summed E-state index contributed by atoms with van der Waals surface area (Å²) < 4.78 is 27.3. The Balaban J connectivity index is 1.16. The average Bonchev–Trinajstić information content (AvgIpc) is 3.69. The molecule has 9 rings (SSSR count). The van der Waals surface area contributed by atoms with Gasteiger partial charge >= 0.3 is 0 Å². The first-order valence-electron chi connectivity index (χ1n) is 15.2. The van der Waals surface area contributed by atoms with Gasteiger partial charge in [0.05, 0.1) is 0 Å². The lowest BCUT2D eigenvalue weighted by Crippen LogP contribution is -2.25. The number of furan rings is 2. The normalized spacial score (nSPS) is 12.0. The molecule has 9 aromatic rings. The number of hydrogen-bond donors (Lipinski definition) is 0. The van der Waals surface area contributed by atoms with E-state index in [1.807, 2.05) is 115 Å². The third-order valence-corrected chi connectivity index (χ3v) is 11.9. The average molecular weight is 612 g/mol. The van der Waals surface area contributed by atoms with Crippen LogP contribution < -0.4 is 15.9 Å². The summed E-state index contributed by atoms with van der Waals surface area (Å²) in [6.07, 6.45) is 3.57. The Morgan fingerprint density at radius 1 is 0.391 bits per heavy atom. The number of fused-ring (bicyclic) bond motifs is 6. The van der Waals surface area contributed by atoms with Crippen molar-refractivity contribution in [3.8, 4) is 22.3 Å². The van der Waals surface area contributed by atoms with Gasteiger partial charge in [-0.1, -0.05) is 97.1 Å². The molecule has 0 saturated carbocycles. The zero-order valence-corrected chi connectivity index (χ0v) is 25.5. The highest BCUT2D eigenvalue weighted by Crippen LogP contribution is 2.43. The van der Waals surface area contributed by atoms with Crippen LogP contribution in [-0.2, 0) is 4.57 Å². The quantitative estimate of drug-likeness (QED) is 0.182. The molecule has 0 fully saturated rings. The summed E-state index contributed by atoms with van der Waals surface area (Å²) in [5.41, 5.74) is 7.50. The number of para-hydroxylation sites is 1. The van der Waals surface area contributed by atoms with E-state index < -0.39 is 7.14 Å². The molecule has 0 N–H and O–H groups in total. The summed E-state index contributed by atoms with van der Waals surface area (Å²) >= 11 is 0. The summed E-state index contributed by atoms with van der Waals surface area (Å²) in [5.74, 6) is 0. The molecule has 3 heterocycles. The van der Waals surface area contributed by atoms with Crippen LogP contribution in [0.15, 0.2) is 167 Å². The molecule has 46 heavy (non-hydrogen) atoms. The molecule has 0 atom stereocenters. The van der Waals surface area contributed by atoms with Gasteiger partial charge in [0.2, 0.25) is 0 Å². The molecule has 3 aromatic heterocycles. The van der Waals surface area contributed by atoms with E-state index >= 15 is 0 Å². The standard InChI is InChI=1S/C41H26NO3P/c43-46(31-9-3-1-4-10-31,32-11-5-2-6-12-32)33-21-30(25-42-26-33)29-17-20-41-37(24-29)36-23-28(16-19-40(36)45-41)27-15-18-39-35(22-27)34-13-7-8-14-38(34)44-39/h1-26H. The van der Waals surface area contributed by atoms with Crippen molar-refractivity contribution in [3.05, 3.63) is 158 Å². The molecule has 0 radical (unpaired) electrons. The van der Waals surface area contributed by atoms with Gasteiger partial charge in [0.15, 0.2) is 7.14 Å². The Bertz CT molecular complexity index is 2580. The van der Waals surface area contributed by atoms with Crippen molar-refractivity contribution >= 4 is 66.9 Å². The van der Waals surface area contributed by atoms with Crippen LogP contribution in [0.3, 0.4) is 0 Å². The minimum atomic E-state index is -3.16. The van der Waals surface area contributed by atoms with Gasteiger partial charge in [0.25, 0.3) is 0 Å². The van der Waals surface area contributed by atoms with Gasteiger partial charge in [-0.25, -0.2) is 0 Å². The molecule has 0 spiro atoms. The second kappa shape index (κ2) is 10.4. The van der Waals surface area contributed by atoms with Crippen LogP contribution in [0.4, 0.5) is 0 Å². The van der Waals surface area contributed by atoms with Crippen molar-refractivity contribution in [2.45, 2.75) is 0 Å². The van der Waals surface area contributed by atoms with E-state index in [0.717, 1.165) is 76.7 Å². The fourth-order valence-electron chi connectivity index (χ4n) is 6.52. The van der Waals surface area contributed by atoms with Crippen molar-refractivity contribution in [1.29, 1.82) is 0 Å². The summed E-state index contributed by atoms with van der Waals surface area (Å²) in [6, 6.07) is 48.4. The van der Waals surface area contributed by atoms with Crippen LogP contribution in [0.5, 0.6) is 0 Å². The molecule has 0 unspecified atom stereocenters. The van der Waals surface area contributed by atoms with Crippen molar-refractivity contribution in [2.24, 2.45) is 0 Å². The van der Waals surface area contributed by atoms with E-state index in [1.165, 1.54) is 0 Å². The van der Waals surface area contributed by atoms with E-state index in [9.17, 15) is 4.57 Å². The fraction of sp³-hybridized carbons (Fsp3) is 0. The lowest BCUT2D eigenvalue weighted by molar-refractivity contribution is 0.592. The summed E-state index contributed by atoms with van der Waals surface area (Å²) in [5, 5.41) is 6.53. The van der Waals surface area contributed by atoms with E-state index in [1.54, 1.807) is 6.20 Å². The highest BCUT2D eigenvalue weighted by Gasteiger charge is 2.30. The number of benzene rings is 6. The number of rotatable bonds is 5. The number of pyridine rings is 1. The topological polar surface area (TPSA) is 56.2 Å². The highest BCUT2D eigenvalue weighted by atomic mass is 31.2. The second-order valence-electron chi connectivity index (χ2n) is 11.5. The molecule has 0 saturated heterocycles. The first kappa shape index (κ1) is 26.7. The predicted octanol–water partition coefficient (Wildman–Crippen LogP) is 9.85. The molecule has 0 aliphatic heterocycles. The molecular formula is C41H26NO3P. The van der Waals surface area contributed by atoms with E-state index in [2.05, 4.69) is 41.4 Å². The lowest BCUT2D eigenvalue weighted by atomic mass is 9.99. The van der Waals surface area contributed by atoms with Gasteiger partial charge in [0.1, 0.15) is 22.3 Å². The van der Waals surface area contributed by atoms with Crippen LogP contribution in [0.2, 0.25) is 0 Å². The van der Waals surface area contributed by atoms with Crippen LogP contribution in [0.1, 0.15) is 0 Å². The molecule has 6 aromatic carbocycles. The van der Waals surface area contributed by atoms with Gasteiger partial charge in [-0.2, -0.15) is 0 Å². The SMILES string of the molecule is O=P(c1ccccc1)(c1ccccc1)c1cncc(-c2ccc3oc4ccc(-c5ccc6oc7ccccc7c6c5)cc4c3c2)c1. The molecule has 0 amide bonds. The molecule has 218 valence electrons. The van der Waals surface area contributed by atoms with Crippen LogP contribution in [0.25, 0.3) is 66.1 Å². The van der Waals surface area contributed by atoms with Gasteiger partial charge in [-0.05, 0) is 65.2 Å². The highest BCUT2D eigenvalue weighted by molar-refractivity contribution is 7.85. The Hall–Kier alpha value is -5.70. The van der Waals surface area contributed by atoms with Crippen molar-refractivity contribution < 1.29 is 13.4 Å². The molecule has 5 heteroatoms. The minimum Gasteiger partial charge on any atom is -0.456 e. The maximum Gasteiger partial charge on any atom is 0.172 e. The summed E-state index contributed by atoms with van der Waals surface area (Å²) in [6.45, 7) is 0. The van der Waals surface area contributed by atoms with Crippen LogP contribution in [-0.4, -0.2) is 4.98 Å². The maximum absolute atomic E-state index is 15.0. The van der Waals surface area contributed by atoms with Crippen molar-refractivity contribution in [2.75, 3.05) is 0 Å². The van der Waals surface area contributed by atoms with Crippen LogP contribution >= 0.6 is 7.14 Å². The smallest absolute Gasteiger partial charge is 0.172 e. The first-order valence-corrected chi connectivity index (χ1v) is 16.9. The maximum atomic E-state index is 15.0.